The number of ether oxygens (including phenoxy) is 2. The number of anilines is 6. The smallest absolute Gasteiger partial charge is 0.344 e. The largest absolute Gasteiger partial charge is 0.465 e. The Morgan fingerprint density at radius 2 is 0.909 bits per heavy atom. The predicted molar refractivity (Wildman–Crippen MR) is 269 cm³/mol. The number of nitrogen functional groups attached to an aromatic ring is 1. The molecule has 0 amide bonds. The molecule has 3 saturated heterocycles. The third-order valence-electron chi connectivity index (χ3n) is 12.0. The van der Waals surface area contributed by atoms with E-state index in [1.54, 1.807) is 12.1 Å². The Hall–Kier alpha value is -5.93. The molecule has 0 unspecified atom stereocenters. The van der Waals surface area contributed by atoms with Gasteiger partial charge in [0.1, 0.15) is 5.56 Å². The fraction of sp³-hybridized carbons (Fsp3) is 0.347. The van der Waals surface area contributed by atoms with Crippen molar-refractivity contribution in [3.05, 3.63) is 144 Å². The lowest BCUT2D eigenvalue weighted by molar-refractivity contribution is -0.385. The summed E-state index contributed by atoms with van der Waals surface area (Å²) in [6, 6.07) is 28.0. The Morgan fingerprint density at radius 1 is 0.545 bits per heavy atom. The summed E-state index contributed by atoms with van der Waals surface area (Å²) in [5.74, 6) is -1.12. The van der Waals surface area contributed by atoms with Crippen LogP contribution in [0.2, 0.25) is 15.1 Å². The van der Waals surface area contributed by atoms with E-state index < -0.39 is 16.9 Å². The molecule has 0 aliphatic carbocycles. The van der Waals surface area contributed by atoms with Gasteiger partial charge in [-0.3, -0.25) is 10.1 Å². The van der Waals surface area contributed by atoms with Crippen LogP contribution in [0.5, 0.6) is 0 Å². The molecule has 3 aliphatic rings. The molecule has 350 valence electrons. The van der Waals surface area contributed by atoms with E-state index in [-0.39, 0.29) is 11.3 Å². The van der Waals surface area contributed by atoms with Crippen molar-refractivity contribution < 1.29 is 24.0 Å². The van der Waals surface area contributed by atoms with E-state index in [0.717, 1.165) is 111 Å². The van der Waals surface area contributed by atoms with Gasteiger partial charge in [0.2, 0.25) is 0 Å². The van der Waals surface area contributed by atoms with Crippen LogP contribution in [0, 0.1) is 30.9 Å². The molecule has 8 rings (SSSR count). The monoisotopic (exact) mass is 958 g/mol. The van der Waals surface area contributed by atoms with E-state index in [9.17, 15) is 19.7 Å². The summed E-state index contributed by atoms with van der Waals surface area (Å²) in [5, 5.41) is 16.8. The van der Waals surface area contributed by atoms with Gasteiger partial charge in [0.05, 0.1) is 24.7 Å². The number of nitro benzene ring substituents is 1. The number of nitrogens with zero attached hydrogens (tertiary/aromatic N) is 6. The van der Waals surface area contributed by atoms with Crippen molar-refractivity contribution in [1.82, 2.24) is 5.32 Å². The number of nitro groups is 1. The number of carbonyl (C=O) groups is 2. The SMILES string of the molecule is COC(=O)c1cc(N2CCN(c3cc(Cl)ccc3C)CC2)ccc1N.COC(=O)c1cc(N2CCN(c3cc(Cl)ccc3C)CC2)ccc1[N+](=O)[O-].Cc1ccc(Cl)cc1N1CCNCC1. The highest BCUT2D eigenvalue weighted by Gasteiger charge is 2.26. The Bertz CT molecular complexity index is 2510. The number of hydrogen-bond donors (Lipinski definition) is 2. The molecule has 0 spiro atoms. The number of methoxy groups -OCH3 is 2. The van der Waals surface area contributed by atoms with Crippen molar-refractivity contribution in [3.63, 3.8) is 0 Å². The van der Waals surface area contributed by atoms with Gasteiger partial charge in [-0.1, -0.05) is 53.0 Å². The molecule has 3 fully saturated rings. The number of piperazine rings is 3. The molecule has 5 aromatic rings. The van der Waals surface area contributed by atoms with E-state index >= 15 is 0 Å². The number of aryl methyl sites for hydroxylation is 3. The van der Waals surface area contributed by atoms with Crippen LogP contribution in [0.4, 0.5) is 39.8 Å². The minimum Gasteiger partial charge on any atom is -0.465 e. The highest BCUT2D eigenvalue weighted by Crippen LogP contribution is 2.31. The zero-order valence-corrected chi connectivity index (χ0v) is 40.3. The number of esters is 2. The third kappa shape index (κ3) is 12.5. The number of carbonyl (C=O) groups excluding carboxylic acids is 2. The third-order valence-corrected chi connectivity index (χ3v) is 12.7. The zero-order valence-electron chi connectivity index (χ0n) is 38.0. The molecule has 17 heteroatoms. The Labute approximate surface area is 401 Å². The minimum atomic E-state index is -0.711. The molecule has 5 aromatic carbocycles. The van der Waals surface area contributed by atoms with Crippen molar-refractivity contribution >= 4 is 86.6 Å². The summed E-state index contributed by atoms with van der Waals surface area (Å²) >= 11 is 18.3. The molecule has 0 radical (unpaired) electrons. The number of halogens is 3. The van der Waals surface area contributed by atoms with Gasteiger partial charge in [-0.2, -0.15) is 0 Å². The van der Waals surface area contributed by atoms with Crippen LogP contribution in [-0.4, -0.2) is 110 Å². The Kier molecular flexibility index (Phi) is 17.2. The summed E-state index contributed by atoms with van der Waals surface area (Å²) in [4.78, 5) is 45.7. The highest BCUT2D eigenvalue weighted by atomic mass is 35.5. The maximum Gasteiger partial charge on any atom is 0.344 e. The van der Waals surface area contributed by atoms with Gasteiger partial charge in [-0.05, 0) is 104 Å². The van der Waals surface area contributed by atoms with Crippen LogP contribution in [0.1, 0.15) is 37.4 Å². The van der Waals surface area contributed by atoms with Gasteiger partial charge >= 0.3 is 11.9 Å². The topological polar surface area (TPSA) is 150 Å². The van der Waals surface area contributed by atoms with E-state index in [1.165, 1.54) is 48.9 Å². The number of rotatable bonds is 8. The molecule has 3 aliphatic heterocycles. The molecule has 0 bridgehead atoms. The molecule has 0 atom stereocenters. The van der Waals surface area contributed by atoms with E-state index in [0.29, 0.717) is 16.3 Å². The summed E-state index contributed by atoms with van der Waals surface area (Å²) in [6.07, 6.45) is 0. The molecular weight excluding hydrogens is 903 g/mol. The van der Waals surface area contributed by atoms with Crippen molar-refractivity contribution in [2.75, 3.05) is 123 Å². The Balaban J connectivity index is 0.000000171. The number of hydrogen-bond acceptors (Lipinski definition) is 13. The molecular formula is C49H57Cl3N8O6. The normalized spacial score (nSPS) is 14.9. The molecule has 14 nitrogen and oxygen atoms in total. The quantitative estimate of drug-likeness (QED) is 0.0660. The van der Waals surface area contributed by atoms with Crippen LogP contribution in [0.3, 0.4) is 0 Å². The second-order valence-corrected chi connectivity index (χ2v) is 17.5. The molecule has 3 heterocycles. The standard InChI is InChI=1S/C19H20ClN3O4.C19H22ClN3O2.C11H15ClN2/c1-13-3-4-14(20)11-18(13)22-9-7-21(8-10-22)15-5-6-17(23(25)26)16(12-15)19(24)27-2;1-13-3-4-14(20)11-18(13)23-9-7-22(8-10-23)15-5-6-17(21)16(12-15)19(24)25-2;1-9-2-3-10(12)8-11(9)14-6-4-13-5-7-14/h3-6,11-12H,7-10H2,1-2H3;3-6,11-12H,7-10,21H2,1-2H3;2-3,8,13H,4-7H2,1H3. The number of nitrogens with two attached hydrogens (primary N) is 1. The lowest BCUT2D eigenvalue weighted by Crippen LogP contribution is -2.46. The maximum absolute atomic E-state index is 11.9. The fourth-order valence-electron chi connectivity index (χ4n) is 8.27. The Morgan fingerprint density at radius 3 is 1.32 bits per heavy atom. The summed E-state index contributed by atoms with van der Waals surface area (Å²) < 4.78 is 9.49. The first-order valence-electron chi connectivity index (χ1n) is 21.8. The van der Waals surface area contributed by atoms with Crippen molar-refractivity contribution in [2.45, 2.75) is 20.8 Å². The lowest BCUT2D eigenvalue weighted by Gasteiger charge is -2.38. The zero-order chi connectivity index (χ0) is 47.5. The van der Waals surface area contributed by atoms with Gasteiger partial charge in [-0.15, -0.1) is 0 Å². The maximum atomic E-state index is 11.9. The van der Waals surface area contributed by atoms with Gasteiger partial charge in [-0.25, -0.2) is 9.59 Å². The lowest BCUT2D eigenvalue weighted by atomic mass is 10.1. The van der Waals surface area contributed by atoms with E-state index in [1.807, 2.05) is 54.6 Å². The summed E-state index contributed by atoms with van der Waals surface area (Å²) in [5.41, 5.74) is 15.4. The fourth-order valence-corrected chi connectivity index (χ4v) is 8.77. The summed E-state index contributed by atoms with van der Waals surface area (Å²) in [6.45, 7) is 17.1. The first kappa shape index (κ1) is 49.5. The van der Waals surface area contributed by atoms with Gasteiger partial charge < -0.3 is 45.0 Å². The molecule has 66 heavy (non-hydrogen) atoms. The van der Waals surface area contributed by atoms with Gasteiger partial charge in [0.25, 0.3) is 5.69 Å². The van der Waals surface area contributed by atoms with Crippen molar-refractivity contribution in [1.29, 1.82) is 0 Å². The van der Waals surface area contributed by atoms with Crippen molar-refractivity contribution in [2.24, 2.45) is 0 Å². The van der Waals surface area contributed by atoms with E-state index in [2.05, 4.69) is 67.5 Å². The first-order valence-corrected chi connectivity index (χ1v) is 22.9. The molecule has 0 saturated carbocycles. The summed E-state index contributed by atoms with van der Waals surface area (Å²) in [7, 11) is 2.57. The average molecular weight is 960 g/mol. The van der Waals surface area contributed by atoms with Crippen LogP contribution in [-0.2, 0) is 9.47 Å². The number of benzene rings is 5. The van der Waals surface area contributed by atoms with Crippen LogP contribution in [0.15, 0.2) is 91.0 Å². The van der Waals surface area contributed by atoms with Gasteiger partial charge in [0, 0.05) is 134 Å². The number of nitrogens with one attached hydrogen (secondary N) is 1. The predicted octanol–water partition coefficient (Wildman–Crippen LogP) is 9.07. The average Bonchev–Trinajstić information content (AvgIpc) is 3.34. The van der Waals surface area contributed by atoms with E-state index in [4.69, 9.17) is 45.3 Å². The van der Waals surface area contributed by atoms with Crippen LogP contribution >= 0.6 is 34.8 Å². The second-order valence-electron chi connectivity index (χ2n) is 16.2. The molecule has 0 aromatic heterocycles. The highest BCUT2D eigenvalue weighted by molar-refractivity contribution is 6.31. The second kappa shape index (κ2) is 23.0. The van der Waals surface area contributed by atoms with Crippen molar-refractivity contribution in [3.8, 4) is 0 Å². The van der Waals surface area contributed by atoms with Crippen LogP contribution in [0.25, 0.3) is 0 Å². The minimum absolute atomic E-state index is 0.0342. The molecule has 3 N–H and O–H groups in total. The van der Waals surface area contributed by atoms with Crippen LogP contribution < -0.4 is 35.6 Å². The first-order chi connectivity index (χ1) is 31.7. The van der Waals surface area contributed by atoms with Gasteiger partial charge in [0.15, 0.2) is 0 Å².